The third kappa shape index (κ3) is 6.97. The molecular formula is C14H26N2O5. The zero-order chi connectivity index (χ0) is 16.5. The highest BCUT2D eigenvalue weighted by atomic mass is 16.4. The maximum atomic E-state index is 11.9. The van der Waals surface area contributed by atoms with Crippen LogP contribution in [0, 0.1) is 0 Å². The van der Waals surface area contributed by atoms with Crippen molar-refractivity contribution in [2.24, 2.45) is 0 Å². The summed E-state index contributed by atoms with van der Waals surface area (Å²) in [6, 6.07) is -1.60. The average molecular weight is 302 g/mol. The van der Waals surface area contributed by atoms with Crippen LogP contribution in [0.1, 0.15) is 59.3 Å². The lowest BCUT2D eigenvalue weighted by molar-refractivity contribution is -0.140. The first-order valence-corrected chi connectivity index (χ1v) is 7.33. The standard InChI is InChI=1S/C14H26N2O5/c1-4-14(5-2,6-3)16-13(21)15-10(12(19)20)8-7-9-11(17)18/h10H,4-9H2,1-3H3,(H,17,18)(H,19,20)(H2,15,16,21)/t10-/m1/s1. The van der Waals surface area contributed by atoms with E-state index in [1.807, 2.05) is 20.8 Å². The molecule has 0 saturated heterocycles. The average Bonchev–Trinajstić information content (AvgIpc) is 2.43. The van der Waals surface area contributed by atoms with Crippen molar-refractivity contribution in [2.45, 2.75) is 70.9 Å². The van der Waals surface area contributed by atoms with Gasteiger partial charge >= 0.3 is 18.0 Å². The molecule has 0 aromatic carbocycles. The van der Waals surface area contributed by atoms with Crippen LogP contribution in [-0.4, -0.2) is 39.8 Å². The Balaban J connectivity index is 4.53. The molecule has 0 aliphatic heterocycles. The van der Waals surface area contributed by atoms with Crippen molar-refractivity contribution in [3.8, 4) is 0 Å². The molecule has 21 heavy (non-hydrogen) atoms. The monoisotopic (exact) mass is 302 g/mol. The van der Waals surface area contributed by atoms with Crippen molar-refractivity contribution in [3.05, 3.63) is 0 Å². The van der Waals surface area contributed by atoms with Gasteiger partial charge in [-0.2, -0.15) is 0 Å². The van der Waals surface area contributed by atoms with Crippen molar-refractivity contribution in [3.63, 3.8) is 0 Å². The van der Waals surface area contributed by atoms with Crippen molar-refractivity contribution in [1.82, 2.24) is 10.6 Å². The summed E-state index contributed by atoms with van der Waals surface area (Å²) in [6.45, 7) is 5.90. The second-order valence-corrected chi connectivity index (χ2v) is 5.12. The summed E-state index contributed by atoms with van der Waals surface area (Å²) < 4.78 is 0. The molecule has 0 aliphatic rings. The Morgan fingerprint density at radius 1 is 1.05 bits per heavy atom. The van der Waals surface area contributed by atoms with E-state index in [0.29, 0.717) is 0 Å². The van der Waals surface area contributed by atoms with Crippen LogP contribution in [-0.2, 0) is 9.59 Å². The van der Waals surface area contributed by atoms with Gasteiger partial charge in [0, 0.05) is 12.0 Å². The fourth-order valence-electron chi connectivity index (χ4n) is 2.17. The number of carboxylic acid groups (broad SMARTS) is 2. The molecule has 0 aliphatic carbocycles. The van der Waals surface area contributed by atoms with E-state index < -0.39 is 24.0 Å². The van der Waals surface area contributed by atoms with E-state index in [4.69, 9.17) is 10.2 Å². The van der Waals surface area contributed by atoms with E-state index in [-0.39, 0.29) is 24.8 Å². The SMILES string of the molecule is CCC(CC)(CC)NC(=O)N[C@H](CCCC(=O)O)C(=O)O. The Morgan fingerprint density at radius 2 is 1.57 bits per heavy atom. The van der Waals surface area contributed by atoms with Gasteiger partial charge in [-0.1, -0.05) is 20.8 Å². The van der Waals surface area contributed by atoms with Crippen molar-refractivity contribution >= 4 is 18.0 Å². The van der Waals surface area contributed by atoms with E-state index in [9.17, 15) is 14.4 Å². The first-order chi connectivity index (χ1) is 9.80. The van der Waals surface area contributed by atoms with Gasteiger partial charge in [0.25, 0.3) is 0 Å². The maximum Gasteiger partial charge on any atom is 0.326 e. The molecule has 0 fully saturated rings. The van der Waals surface area contributed by atoms with E-state index in [1.54, 1.807) is 0 Å². The minimum absolute atomic E-state index is 0.0897. The molecule has 0 heterocycles. The number of carboxylic acids is 2. The fourth-order valence-corrected chi connectivity index (χ4v) is 2.17. The van der Waals surface area contributed by atoms with Crippen LogP contribution in [0.3, 0.4) is 0 Å². The zero-order valence-electron chi connectivity index (χ0n) is 12.9. The first kappa shape index (κ1) is 19.2. The summed E-state index contributed by atoms with van der Waals surface area (Å²) >= 11 is 0. The fraction of sp³-hybridized carbons (Fsp3) is 0.786. The first-order valence-electron chi connectivity index (χ1n) is 7.33. The number of amides is 2. The number of hydrogen-bond acceptors (Lipinski definition) is 3. The third-order valence-electron chi connectivity index (χ3n) is 3.90. The van der Waals surface area contributed by atoms with E-state index in [2.05, 4.69) is 10.6 Å². The Bertz CT molecular complexity index is 358. The molecule has 1 atom stereocenters. The number of hydrogen-bond donors (Lipinski definition) is 4. The Hall–Kier alpha value is -1.79. The topological polar surface area (TPSA) is 116 Å². The minimum atomic E-state index is -1.16. The molecule has 4 N–H and O–H groups in total. The molecule has 0 bridgehead atoms. The Kier molecular flexibility index (Phi) is 8.42. The molecule has 2 amide bonds. The second-order valence-electron chi connectivity index (χ2n) is 5.12. The van der Waals surface area contributed by atoms with E-state index >= 15 is 0 Å². The summed E-state index contributed by atoms with van der Waals surface area (Å²) in [5, 5.41) is 22.9. The van der Waals surface area contributed by atoms with Crippen molar-refractivity contribution < 1.29 is 24.6 Å². The number of urea groups is 1. The highest BCUT2D eigenvalue weighted by molar-refractivity contribution is 5.82. The van der Waals surface area contributed by atoms with Gasteiger partial charge in [-0.15, -0.1) is 0 Å². The van der Waals surface area contributed by atoms with Crippen LogP contribution in [0.2, 0.25) is 0 Å². The third-order valence-corrected chi connectivity index (χ3v) is 3.90. The molecule has 0 saturated carbocycles. The molecule has 0 spiro atoms. The van der Waals surface area contributed by atoms with E-state index in [0.717, 1.165) is 19.3 Å². The summed E-state index contributed by atoms with van der Waals surface area (Å²) in [5.41, 5.74) is -0.339. The summed E-state index contributed by atoms with van der Waals surface area (Å²) in [5.74, 6) is -2.14. The number of carbonyl (C=O) groups is 3. The van der Waals surface area contributed by atoms with Crippen LogP contribution >= 0.6 is 0 Å². The summed E-state index contributed by atoms with van der Waals surface area (Å²) in [7, 11) is 0. The summed E-state index contributed by atoms with van der Waals surface area (Å²) in [4.78, 5) is 33.5. The molecule has 0 aromatic heterocycles. The molecule has 0 aromatic rings. The molecule has 0 rings (SSSR count). The van der Waals surface area contributed by atoms with Gasteiger partial charge in [0.2, 0.25) is 0 Å². The van der Waals surface area contributed by atoms with Gasteiger partial charge < -0.3 is 20.8 Å². The van der Waals surface area contributed by atoms with Gasteiger partial charge in [-0.25, -0.2) is 9.59 Å². The van der Waals surface area contributed by atoms with Gasteiger partial charge in [-0.05, 0) is 32.1 Å². The lowest BCUT2D eigenvalue weighted by atomic mass is 9.90. The molecule has 122 valence electrons. The Morgan fingerprint density at radius 3 is 1.95 bits per heavy atom. The molecule has 0 unspecified atom stereocenters. The normalized spacial score (nSPS) is 12.5. The quantitative estimate of drug-likeness (QED) is 0.492. The minimum Gasteiger partial charge on any atom is -0.481 e. The summed E-state index contributed by atoms with van der Waals surface area (Å²) in [6.07, 6.45) is 2.44. The number of aliphatic carboxylic acids is 2. The highest BCUT2D eigenvalue weighted by Gasteiger charge is 2.28. The van der Waals surface area contributed by atoms with Crippen molar-refractivity contribution in [1.29, 1.82) is 0 Å². The zero-order valence-corrected chi connectivity index (χ0v) is 12.9. The largest absolute Gasteiger partial charge is 0.481 e. The lowest BCUT2D eigenvalue weighted by Gasteiger charge is -2.32. The van der Waals surface area contributed by atoms with Crippen LogP contribution in [0.5, 0.6) is 0 Å². The predicted octanol–water partition coefficient (Wildman–Crippen LogP) is 1.96. The number of nitrogens with one attached hydrogen (secondary N) is 2. The Labute approximate surface area is 125 Å². The smallest absolute Gasteiger partial charge is 0.326 e. The molecule has 7 nitrogen and oxygen atoms in total. The molecule has 7 heteroatoms. The lowest BCUT2D eigenvalue weighted by Crippen LogP contribution is -2.54. The predicted molar refractivity (Wildman–Crippen MR) is 78.2 cm³/mol. The van der Waals surface area contributed by atoms with Crippen molar-refractivity contribution in [2.75, 3.05) is 0 Å². The second kappa shape index (κ2) is 9.20. The van der Waals surface area contributed by atoms with Gasteiger partial charge in [-0.3, -0.25) is 4.79 Å². The number of rotatable bonds is 10. The van der Waals surface area contributed by atoms with Crippen LogP contribution in [0.25, 0.3) is 0 Å². The maximum absolute atomic E-state index is 11.9. The highest BCUT2D eigenvalue weighted by Crippen LogP contribution is 2.19. The van der Waals surface area contributed by atoms with Crippen LogP contribution in [0.15, 0.2) is 0 Å². The van der Waals surface area contributed by atoms with Gasteiger partial charge in [0.05, 0.1) is 0 Å². The van der Waals surface area contributed by atoms with Crippen LogP contribution in [0.4, 0.5) is 4.79 Å². The molecule has 0 radical (unpaired) electrons. The molecular weight excluding hydrogens is 276 g/mol. The van der Waals surface area contributed by atoms with Gasteiger partial charge in [0.15, 0.2) is 0 Å². The van der Waals surface area contributed by atoms with E-state index in [1.165, 1.54) is 0 Å². The number of carbonyl (C=O) groups excluding carboxylic acids is 1. The van der Waals surface area contributed by atoms with Gasteiger partial charge in [0.1, 0.15) is 6.04 Å². The van der Waals surface area contributed by atoms with Crippen LogP contribution < -0.4 is 10.6 Å².